The Morgan fingerprint density at radius 3 is 3.04 bits per heavy atom. The summed E-state index contributed by atoms with van der Waals surface area (Å²) >= 11 is 0. The van der Waals surface area contributed by atoms with E-state index in [2.05, 4.69) is 11.1 Å². The van der Waals surface area contributed by atoms with Crippen LogP contribution in [0.25, 0.3) is 5.65 Å². The maximum Gasteiger partial charge on any atom is 0.323 e. The zero-order valence-electron chi connectivity index (χ0n) is 13.5. The van der Waals surface area contributed by atoms with Crippen molar-refractivity contribution in [1.29, 1.82) is 0 Å². The SMILES string of the molecule is COC(=O)[C@@H]1C[C@@H]2CCCC[C@@H]2N1Cc1cn2ccccc2n1. The number of nitrogens with zero attached hydrogens (tertiary/aromatic N) is 3. The lowest BCUT2D eigenvalue weighted by molar-refractivity contribution is -0.146. The third kappa shape index (κ3) is 2.63. The van der Waals surface area contributed by atoms with Gasteiger partial charge in [0, 0.05) is 25.0 Å². The molecule has 4 rings (SSSR count). The smallest absolute Gasteiger partial charge is 0.323 e. The summed E-state index contributed by atoms with van der Waals surface area (Å²) in [5, 5.41) is 0. The predicted octanol–water partition coefficient (Wildman–Crippen LogP) is 2.64. The molecule has 0 N–H and O–H groups in total. The van der Waals surface area contributed by atoms with E-state index in [1.54, 1.807) is 0 Å². The highest BCUT2D eigenvalue weighted by atomic mass is 16.5. The van der Waals surface area contributed by atoms with Gasteiger partial charge in [-0.25, -0.2) is 4.98 Å². The molecule has 23 heavy (non-hydrogen) atoms. The number of pyridine rings is 1. The number of hydrogen-bond donors (Lipinski definition) is 0. The Morgan fingerprint density at radius 2 is 2.22 bits per heavy atom. The van der Waals surface area contributed by atoms with E-state index in [0.717, 1.165) is 24.3 Å². The van der Waals surface area contributed by atoms with Crippen LogP contribution < -0.4 is 0 Å². The molecule has 1 aliphatic carbocycles. The van der Waals surface area contributed by atoms with Crippen molar-refractivity contribution in [2.24, 2.45) is 5.92 Å². The Balaban J connectivity index is 1.61. The molecule has 1 saturated carbocycles. The third-order valence-corrected chi connectivity index (χ3v) is 5.45. The Kier molecular flexibility index (Phi) is 3.81. The van der Waals surface area contributed by atoms with Crippen molar-refractivity contribution in [1.82, 2.24) is 14.3 Å². The minimum Gasteiger partial charge on any atom is -0.468 e. The van der Waals surface area contributed by atoms with Crippen LogP contribution in [0.3, 0.4) is 0 Å². The first-order chi connectivity index (χ1) is 11.3. The van der Waals surface area contributed by atoms with Crippen LogP contribution in [0.15, 0.2) is 30.6 Å². The lowest BCUT2D eigenvalue weighted by atomic mass is 9.85. The molecular formula is C18H23N3O2. The van der Waals surface area contributed by atoms with Crippen molar-refractivity contribution in [3.63, 3.8) is 0 Å². The molecule has 0 amide bonds. The third-order valence-electron chi connectivity index (χ3n) is 5.45. The number of ether oxygens (including phenoxy) is 1. The van der Waals surface area contributed by atoms with Gasteiger partial charge in [-0.05, 0) is 37.3 Å². The molecule has 5 nitrogen and oxygen atoms in total. The second-order valence-electron chi connectivity index (χ2n) is 6.76. The van der Waals surface area contributed by atoms with Gasteiger partial charge in [-0.1, -0.05) is 18.9 Å². The second-order valence-corrected chi connectivity index (χ2v) is 6.76. The molecule has 0 aromatic carbocycles. The quantitative estimate of drug-likeness (QED) is 0.817. The molecule has 1 aliphatic heterocycles. The van der Waals surface area contributed by atoms with Crippen LogP contribution in [-0.2, 0) is 16.1 Å². The van der Waals surface area contributed by atoms with Gasteiger partial charge in [0.05, 0.1) is 12.8 Å². The first kappa shape index (κ1) is 14.7. The first-order valence-corrected chi connectivity index (χ1v) is 8.52. The van der Waals surface area contributed by atoms with Gasteiger partial charge in [0.2, 0.25) is 0 Å². The summed E-state index contributed by atoms with van der Waals surface area (Å²) in [6.45, 7) is 0.725. The number of imidazole rings is 1. The topological polar surface area (TPSA) is 46.8 Å². The van der Waals surface area contributed by atoms with Crippen LogP contribution in [0.5, 0.6) is 0 Å². The van der Waals surface area contributed by atoms with Crippen molar-refractivity contribution in [3.8, 4) is 0 Å². The van der Waals surface area contributed by atoms with Gasteiger partial charge in [0.25, 0.3) is 0 Å². The number of aromatic nitrogens is 2. The minimum atomic E-state index is -0.113. The fourth-order valence-corrected chi connectivity index (χ4v) is 4.40. The molecule has 3 heterocycles. The van der Waals surface area contributed by atoms with E-state index < -0.39 is 0 Å². The zero-order valence-corrected chi connectivity index (χ0v) is 13.5. The lowest BCUT2D eigenvalue weighted by Gasteiger charge is -2.32. The molecule has 2 aliphatic rings. The van der Waals surface area contributed by atoms with E-state index >= 15 is 0 Å². The predicted molar refractivity (Wildman–Crippen MR) is 86.9 cm³/mol. The fourth-order valence-electron chi connectivity index (χ4n) is 4.40. The minimum absolute atomic E-state index is 0.0943. The number of fused-ring (bicyclic) bond motifs is 2. The summed E-state index contributed by atoms with van der Waals surface area (Å²) in [6, 6.07) is 6.39. The normalized spacial score (nSPS) is 28.0. The van der Waals surface area contributed by atoms with E-state index in [9.17, 15) is 4.79 Å². The molecule has 1 saturated heterocycles. The number of carbonyl (C=O) groups excluding carboxylic acids is 1. The van der Waals surface area contributed by atoms with Crippen molar-refractivity contribution >= 4 is 11.6 Å². The van der Waals surface area contributed by atoms with Crippen LogP contribution in [0.1, 0.15) is 37.8 Å². The maximum atomic E-state index is 12.2. The molecule has 2 aromatic rings. The highest BCUT2D eigenvalue weighted by Gasteiger charge is 2.45. The van der Waals surface area contributed by atoms with Gasteiger partial charge in [0.15, 0.2) is 0 Å². The van der Waals surface area contributed by atoms with Gasteiger partial charge in [-0.3, -0.25) is 9.69 Å². The van der Waals surface area contributed by atoms with Crippen molar-refractivity contribution < 1.29 is 9.53 Å². The van der Waals surface area contributed by atoms with Crippen molar-refractivity contribution in [3.05, 3.63) is 36.3 Å². The molecule has 2 aromatic heterocycles. The summed E-state index contributed by atoms with van der Waals surface area (Å²) in [4.78, 5) is 19.3. The molecule has 0 unspecified atom stereocenters. The molecule has 0 radical (unpaired) electrons. The average Bonchev–Trinajstić information content (AvgIpc) is 3.15. The number of rotatable bonds is 3. The highest BCUT2D eigenvalue weighted by Crippen LogP contribution is 2.40. The number of hydrogen-bond acceptors (Lipinski definition) is 4. The van der Waals surface area contributed by atoms with E-state index in [4.69, 9.17) is 9.72 Å². The molecule has 0 spiro atoms. The van der Waals surface area contributed by atoms with Crippen LogP contribution in [0.2, 0.25) is 0 Å². The molecule has 5 heteroatoms. The Bertz CT molecular complexity index is 678. The van der Waals surface area contributed by atoms with E-state index in [1.165, 1.54) is 32.8 Å². The summed E-state index contributed by atoms with van der Waals surface area (Å²) in [5.74, 6) is 0.535. The number of carbonyl (C=O) groups is 1. The molecular weight excluding hydrogens is 290 g/mol. The first-order valence-electron chi connectivity index (χ1n) is 8.52. The summed E-state index contributed by atoms with van der Waals surface area (Å²) in [5.41, 5.74) is 1.98. The highest BCUT2D eigenvalue weighted by molar-refractivity contribution is 5.76. The standard InChI is InChI=1S/C18H23N3O2/c1-23-18(22)16-10-13-6-2-3-7-15(13)21(16)12-14-11-20-9-5-4-8-17(20)19-14/h4-5,8-9,11,13,15-16H,2-3,6-7,10,12H2,1H3/t13-,15-,16-/m0/s1. The van der Waals surface area contributed by atoms with E-state index in [-0.39, 0.29) is 12.0 Å². The summed E-state index contributed by atoms with van der Waals surface area (Å²) in [7, 11) is 1.49. The monoisotopic (exact) mass is 313 g/mol. The zero-order chi connectivity index (χ0) is 15.8. The van der Waals surface area contributed by atoms with Gasteiger partial charge >= 0.3 is 5.97 Å². The fraction of sp³-hybridized carbons (Fsp3) is 0.556. The number of esters is 1. The largest absolute Gasteiger partial charge is 0.468 e. The van der Waals surface area contributed by atoms with Crippen molar-refractivity contribution in [2.45, 2.75) is 50.7 Å². The Labute approximate surface area is 136 Å². The number of methoxy groups -OCH3 is 1. The summed E-state index contributed by atoms with van der Waals surface area (Å²) in [6.07, 6.45) is 9.99. The van der Waals surface area contributed by atoms with Crippen LogP contribution in [-0.4, -0.2) is 39.4 Å². The van der Waals surface area contributed by atoms with Gasteiger partial charge in [0.1, 0.15) is 11.7 Å². The van der Waals surface area contributed by atoms with E-state index in [1.807, 2.05) is 28.8 Å². The lowest BCUT2D eigenvalue weighted by Crippen LogP contribution is -2.42. The Morgan fingerprint density at radius 1 is 1.35 bits per heavy atom. The molecule has 3 atom stereocenters. The molecule has 2 fully saturated rings. The van der Waals surface area contributed by atoms with Crippen molar-refractivity contribution in [2.75, 3.05) is 7.11 Å². The van der Waals surface area contributed by atoms with Gasteiger partial charge < -0.3 is 9.14 Å². The molecule has 122 valence electrons. The second kappa shape index (κ2) is 5.96. The average molecular weight is 313 g/mol. The van der Waals surface area contributed by atoms with Gasteiger partial charge in [-0.15, -0.1) is 0 Å². The Hall–Kier alpha value is -1.88. The summed E-state index contributed by atoms with van der Waals surface area (Å²) < 4.78 is 7.10. The number of likely N-dealkylation sites (tertiary alicyclic amines) is 1. The van der Waals surface area contributed by atoms with Crippen LogP contribution in [0.4, 0.5) is 0 Å². The van der Waals surface area contributed by atoms with Crippen LogP contribution >= 0.6 is 0 Å². The maximum absolute atomic E-state index is 12.2. The molecule has 0 bridgehead atoms. The van der Waals surface area contributed by atoms with Gasteiger partial charge in [-0.2, -0.15) is 0 Å². The van der Waals surface area contributed by atoms with E-state index in [0.29, 0.717) is 12.0 Å². The van der Waals surface area contributed by atoms with Crippen LogP contribution in [0, 0.1) is 5.92 Å².